The quantitative estimate of drug-likeness (QED) is 0.852. The van der Waals surface area contributed by atoms with E-state index >= 15 is 0 Å². The van der Waals surface area contributed by atoms with Gasteiger partial charge in [-0.2, -0.15) is 0 Å². The predicted octanol–water partition coefficient (Wildman–Crippen LogP) is 1.91. The standard InChI is InChI=1S/C14H22N4/c1-2-6-13-12(5-1)14(18-10-17-13)16-9-7-11-4-3-8-15-11/h10-11,15H,1-9H2,(H,16,17,18)/t11-/m1/s1. The molecule has 2 heterocycles. The highest BCUT2D eigenvalue weighted by Gasteiger charge is 2.16. The average molecular weight is 246 g/mol. The third-order valence-corrected chi connectivity index (χ3v) is 4.07. The van der Waals surface area contributed by atoms with E-state index in [0.29, 0.717) is 6.04 Å². The third kappa shape index (κ3) is 2.64. The number of hydrogen-bond donors (Lipinski definition) is 2. The van der Waals surface area contributed by atoms with E-state index in [-0.39, 0.29) is 0 Å². The van der Waals surface area contributed by atoms with Gasteiger partial charge in [-0.15, -0.1) is 0 Å². The molecule has 4 nitrogen and oxygen atoms in total. The van der Waals surface area contributed by atoms with Gasteiger partial charge in [0, 0.05) is 23.8 Å². The van der Waals surface area contributed by atoms with Gasteiger partial charge in [0.25, 0.3) is 0 Å². The van der Waals surface area contributed by atoms with Gasteiger partial charge in [-0.25, -0.2) is 9.97 Å². The van der Waals surface area contributed by atoms with Gasteiger partial charge < -0.3 is 10.6 Å². The third-order valence-electron chi connectivity index (χ3n) is 4.07. The van der Waals surface area contributed by atoms with Crippen LogP contribution in [0.4, 0.5) is 5.82 Å². The Hall–Kier alpha value is -1.16. The Kier molecular flexibility index (Phi) is 3.74. The van der Waals surface area contributed by atoms with Crippen LogP contribution in [0.15, 0.2) is 6.33 Å². The first-order chi connectivity index (χ1) is 8.93. The molecule has 0 unspecified atom stereocenters. The van der Waals surface area contributed by atoms with Crippen molar-refractivity contribution < 1.29 is 0 Å². The van der Waals surface area contributed by atoms with Crippen LogP contribution in [0.3, 0.4) is 0 Å². The number of fused-ring (bicyclic) bond motifs is 1. The summed E-state index contributed by atoms with van der Waals surface area (Å²) in [5, 5.41) is 7.04. The van der Waals surface area contributed by atoms with Gasteiger partial charge in [0.1, 0.15) is 12.1 Å². The molecule has 1 saturated heterocycles. The molecule has 0 bridgehead atoms. The summed E-state index contributed by atoms with van der Waals surface area (Å²) < 4.78 is 0. The number of aryl methyl sites for hydroxylation is 1. The summed E-state index contributed by atoms with van der Waals surface area (Å²) >= 11 is 0. The molecule has 2 aliphatic rings. The monoisotopic (exact) mass is 246 g/mol. The van der Waals surface area contributed by atoms with Crippen LogP contribution < -0.4 is 10.6 Å². The Morgan fingerprint density at radius 1 is 1.22 bits per heavy atom. The number of anilines is 1. The Labute approximate surface area is 109 Å². The van der Waals surface area contributed by atoms with Gasteiger partial charge in [0.15, 0.2) is 0 Å². The highest BCUT2D eigenvalue weighted by molar-refractivity contribution is 5.46. The van der Waals surface area contributed by atoms with Gasteiger partial charge in [-0.1, -0.05) is 0 Å². The van der Waals surface area contributed by atoms with Crippen molar-refractivity contribution in [1.29, 1.82) is 0 Å². The summed E-state index contributed by atoms with van der Waals surface area (Å²) in [4.78, 5) is 8.82. The fraction of sp³-hybridized carbons (Fsp3) is 0.714. The minimum atomic E-state index is 0.704. The lowest BCUT2D eigenvalue weighted by atomic mass is 9.96. The summed E-state index contributed by atoms with van der Waals surface area (Å²) in [7, 11) is 0. The largest absolute Gasteiger partial charge is 0.370 e. The van der Waals surface area contributed by atoms with Crippen molar-refractivity contribution in [1.82, 2.24) is 15.3 Å². The second-order valence-electron chi connectivity index (χ2n) is 5.36. The summed E-state index contributed by atoms with van der Waals surface area (Å²) in [5.74, 6) is 1.08. The van der Waals surface area contributed by atoms with Crippen LogP contribution in [0.5, 0.6) is 0 Å². The van der Waals surface area contributed by atoms with E-state index in [0.717, 1.165) is 25.2 Å². The van der Waals surface area contributed by atoms with Crippen molar-refractivity contribution in [3.8, 4) is 0 Å². The Bertz CT molecular complexity index is 399. The molecular weight excluding hydrogens is 224 g/mol. The molecule has 18 heavy (non-hydrogen) atoms. The van der Waals surface area contributed by atoms with Crippen LogP contribution in [0.2, 0.25) is 0 Å². The van der Waals surface area contributed by atoms with Crippen molar-refractivity contribution in [2.75, 3.05) is 18.4 Å². The van der Waals surface area contributed by atoms with Crippen molar-refractivity contribution in [3.63, 3.8) is 0 Å². The number of rotatable bonds is 4. The molecular formula is C14H22N4. The Morgan fingerprint density at radius 3 is 3.06 bits per heavy atom. The topological polar surface area (TPSA) is 49.8 Å². The van der Waals surface area contributed by atoms with E-state index < -0.39 is 0 Å². The van der Waals surface area contributed by atoms with Gasteiger partial charge in [0.05, 0.1) is 0 Å². The van der Waals surface area contributed by atoms with E-state index in [1.807, 2.05) is 0 Å². The summed E-state index contributed by atoms with van der Waals surface area (Å²) in [5.41, 5.74) is 2.63. The molecule has 2 N–H and O–H groups in total. The zero-order valence-corrected chi connectivity index (χ0v) is 10.9. The first kappa shape index (κ1) is 11.9. The van der Waals surface area contributed by atoms with Crippen molar-refractivity contribution in [2.45, 2.75) is 51.0 Å². The predicted molar refractivity (Wildman–Crippen MR) is 72.8 cm³/mol. The van der Waals surface area contributed by atoms with Gasteiger partial charge in [-0.3, -0.25) is 0 Å². The maximum atomic E-state index is 4.41. The van der Waals surface area contributed by atoms with Crippen LogP contribution in [0, 0.1) is 0 Å². The number of aromatic nitrogens is 2. The van der Waals surface area contributed by atoms with E-state index in [1.54, 1.807) is 6.33 Å². The molecule has 0 amide bonds. The molecule has 0 saturated carbocycles. The number of nitrogens with one attached hydrogen (secondary N) is 2. The van der Waals surface area contributed by atoms with Gasteiger partial charge in [-0.05, 0) is 51.5 Å². The van der Waals surface area contributed by atoms with Crippen LogP contribution in [-0.2, 0) is 12.8 Å². The molecule has 1 aliphatic heterocycles. The fourth-order valence-corrected chi connectivity index (χ4v) is 3.04. The zero-order valence-electron chi connectivity index (χ0n) is 10.9. The van der Waals surface area contributed by atoms with Crippen LogP contribution >= 0.6 is 0 Å². The molecule has 98 valence electrons. The van der Waals surface area contributed by atoms with E-state index in [9.17, 15) is 0 Å². The second kappa shape index (κ2) is 5.65. The van der Waals surface area contributed by atoms with Crippen LogP contribution in [0.1, 0.15) is 43.4 Å². The number of nitrogens with zero attached hydrogens (tertiary/aromatic N) is 2. The lowest BCUT2D eigenvalue weighted by Gasteiger charge is -2.18. The van der Waals surface area contributed by atoms with Gasteiger partial charge in [0.2, 0.25) is 0 Å². The van der Waals surface area contributed by atoms with E-state index in [2.05, 4.69) is 20.6 Å². The van der Waals surface area contributed by atoms with Crippen molar-refractivity contribution in [2.24, 2.45) is 0 Å². The maximum absolute atomic E-state index is 4.41. The summed E-state index contributed by atoms with van der Waals surface area (Å²) in [6, 6.07) is 0.704. The smallest absolute Gasteiger partial charge is 0.132 e. The molecule has 0 aromatic carbocycles. The van der Waals surface area contributed by atoms with Crippen LogP contribution in [0.25, 0.3) is 0 Å². The van der Waals surface area contributed by atoms with Crippen molar-refractivity contribution >= 4 is 5.82 Å². The molecule has 1 fully saturated rings. The first-order valence-electron chi connectivity index (χ1n) is 7.23. The van der Waals surface area contributed by atoms with Crippen LogP contribution in [-0.4, -0.2) is 29.1 Å². The summed E-state index contributed by atoms with van der Waals surface area (Å²) in [6.07, 6.45) is 10.4. The molecule has 1 aliphatic carbocycles. The Morgan fingerprint density at radius 2 is 2.17 bits per heavy atom. The van der Waals surface area contributed by atoms with E-state index in [1.165, 1.54) is 49.9 Å². The van der Waals surface area contributed by atoms with Gasteiger partial charge >= 0.3 is 0 Å². The zero-order chi connectivity index (χ0) is 12.2. The Balaban J connectivity index is 1.58. The molecule has 1 aromatic rings. The minimum Gasteiger partial charge on any atom is -0.370 e. The first-order valence-corrected chi connectivity index (χ1v) is 7.23. The molecule has 1 atom stereocenters. The molecule has 0 radical (unpaired) electrons. The molecule has 4 heteroatoms. The highest BCUT2D eigenvalue weighted by atomic mass is 15.0. The maximum Gasteiger partial charge on any atom is 0.132 e. The minimum absolute atomic E-state index is 0.704. The van der Waals surface area contributed by atoms with Crippen molar-refractivity contribution in [3.05, 3.63) is 17.6 Å². The van der Waals surface area contributed by atoms with E-state index in [4.69, 9.17) is 0 Å². The normalized spacial score (nSPS) is 22.8. The summed E-state index contributed by atoms with van der Waals surface area (Å²) in [6.45, 7) is 2.20. The lowest BCUT2D eigenvalue weighted by molar-refractivity contribution is 0.573. The lowest BCUT2D eigenvalue weighted by Crippen LogP contribution is -2.24. The second-order valence-corrected chi connectivity index (χ2v) is 5.36. The molecule has 1 aromatic heterocycles. The highest BCUT2D eigenvalue weighted by Crippen LogP contribution is 2.24. The fourth-order valence-electron chi connectivity index (χ4n) is 3.04. The molecule has 0 spiro atoms. The molecule has 3 rings (SSSR count). The average Bonchev–Trinajstić information content (AvgIpc) is 2.92. The SMILES string of the molecule is c1nc2c(c(NCC[C@H]3CCCN3)n1)CCCC2. The number of hydrogen-bond acceptors (Lipinski definition) is 4.